The lowest BCUT2D eigenvalue weighted by atomic mass is 10.1. The first-order chi connectivity index (χ1) is 10.7. The summed E-state index contributed by atoms with van der Waals surface area (Å²) in [5.41, 5.74) is 3.18. The summed E-state index contributed by atoms with van der Waals surface area (Å²) in [5.74, 6) is 0. The Morgan fingerprint density at radius 1 is 1.32 bits per heavy atom. The van der Waals surface area contributed by atoms with Gasteiger partial charge in [0, 0.05) is 13.2 Å². The Morgan fingerprint density at radius 3 is 2.95 bits per heavy atom. The molecule has 1 aliphatic rings. The average Bonchev–Trinajstić information content (AvgIpc) is 3.03. The molecule has 1 saturated heterocycles. The predicted molar refractivity (Wildman–Crippen MR) is 88.3 cm³/mol. The second-order valence-corrected chi connectivity index (χ2v) is 6.28. The molecule has 1 atom stereocenters. The highest BCUT2D eigenvalue weighted by molar-refractivity contribution is 5.81. The molecule has 0 saturated carbocycles. The van der Waals surface area contributed by atoms with E-state index in [0.717, 1.165) is 48.9 Å². The highest BCUT2D eigenvalue weighted by Gasteiger charge is 2.14. The molecule has 1 aliphatic heterocycles. The number of fused-ring (bicyclic) bond motifs is 1. The number of benzene rings is 1. The molecule has 118 valence electrons. The molecular formula is C18H24N2O2. The van der Waals surface area contributed by atoms with Crippen molar-refractivity contribution in [3.05, 3.63) is 39.9 Å². The number of nitrogens with zero attached hydrogens (tertiary/aromatic N) is 2. The third-order valence-electron chi connectivity index (χ3n) is 4.72. The van der Waals surface area contributed by atoms with Crippen molar-refractivity contribution in [2.24, 2.45) is 0 Å². The van der Waals surface area contributed by atoms with Gasteiger partial charge in [0.25, 0.3) is 5.56 Å². The first-order valence-corrected chi connectivity index (χ1v) is 8.24. The smallest absolute Gasteiger partial charge is 0.261 e. The molecule has 0 radical (unpaired) electrons. The Hall–Kier alpha value is -1.68. The zero-order chi connectivity index (χ0) is 15.5. The van der Waals surface area contributed by atoms with E-state index < -0.39 is 0 Å². The number of unbranched alkanes of at least 4 members (excludes halogenated alkanes) is 1. The maximum atomic E-state index is 12.5. The molecule has 0 amide bonds. The van der Waals surface area contributed by atoms with E-state index in [1.165, 1.54) is 18.4 Å². The minimum Gasteiger partial charge on any atom is -0.378 e. The van der Waals surface area contributed by atoms with Crippen molar-refractivity contribution >= 4 is 10.9 Å². The van der Waals surface area contributed by atoms with Crippen molar-refractivity contribution < 1.29 is 4.74 Å². The monoisotopic (exact) mass is 300 g/mol. The summed E-state index contributed by atoms with van der Waals surface area (Å²) in [6, 6.07) is 3.90. The molecule has 22 heavy (non-hydrogen) atoms. The van der Waals surface area contributed by atoms with Gasteiger partial charge in [0.15, 0.2) is 0 Å². The fourth-order valence-corrected chi connectivity index (χ4v) is 3.16. The molecule has 1 aromatic carbocycles. The van der Waals surface area contributed by atoms with Crippen LogP contribution < -0.4 is 5.56 Å². The van der Waals surface area contributed by atoms with E-state index in [1.54, 1.807) is 10.9 Å². The molecule has 0 bridgehead atoms. The molecule has 1 fully saturated rings. The topological polar surface area (TPSA) is 44.1 Å². The van der Waals surface area contributed by atoms with Crippen LogP contribution in [0.4, 0.5) is 0 Å². The standard InChI is InChI=1S/C18H24N2O2/c1-13-8-9-16-17(14(13)2)19-12-20(18(16)21)10-4-3-6-15-7-5-11-22-15/h8-9,12,15H,3-7,10-11H2,1-2H3/t15-/m1/s1. The van der Waals surface area contributed by atoms with Gasteiger partial charge in [0.2, 0.25) is 0 Å². The Morgan fingerprint density at radius 2 is 2.18 bits per heavy atom. The predicted octanol–water partition coefficient (Wildman–Crippen LogP) is 3.36. The van der Waals surface area contributed by atoms with Gasteiger partial charge in [0.1, 0.15) is 0 Å². The van der Waals surface area contributed by atoms with E-state index in [1.807, 2.05) is 26.0 Å². The highest BCUT2D eigenvalue weighted by atomic mass is 16.5. The molecule has 1 aromatic heterocycles. The maximum absolute atomic E-state index is 12.5. The van der Waals surface area contributed by atoms with E-state index in [0.29, 0.717) is 6.10 Å². The van der Waals surface area contributed by atoms with Crippen LogP contribution in [0, 0.1) is 13.8 Å². The lowest BCUT2D eigenvalue weighted by Gasteiger charge is -2.11. The lowest BCUT2D eigenvalue weighted by Crippen LogP contribution is -2.21. The number of hydrogen-bond acceptors (Lipinski definition) is 3. The minimum absolute atomic E-state index is 0.0743. The average molecular weight is 300 g/mol. The van der Waals surface area contributed by atoms with Crippen molar-refractivity contribution in [2.75, 3.05) is 6.61 Å². The second kappa shape index (κ2) is 6.61. The fourth-order valence-electron chi connectivity index (χ4n) is 3.16. The Labute approximate surface area is 131 Å². The van der Waals surface area contributed by atoms with Gasteiger partial charge >= 0.3 is 0 Å². The Balaban J connectivity index is 1.68. The molecule has 4 heteroatoms. The first-order valence-electron chi connectivity index (χ1n) is 8.24. The summed E-state index contributed by atoms with van der Waals surface area (Å²) in [7, 11) is 0. The van der Waals surface area contributed by atoms with E-state index in [-0.39, 0.29) is 5.56 Å². The largest absolute Gasteiger partial charge is 0.378 e. The van der Waals surface area contributed by atoms with Gasteiger partial charge in [-0.2, -0.15) is 0 Å². The molecule has 0 spiro atoms. The van der Waals surface area contributed by atoms with Crippen LogP contribution in [0.5, 0.6) is 0 Å². The molecule has 2 aromatic rings. The van der Waals surface area contributed by atoms with Gasteiger partial charge in [0.05, 0.1) is 23.3 Å². The van der Waals surface area contributed by atoms with Crippen LogP contribution in [0.2, 0.25) is 0 Å². The van der Waals surface area contributed by atoms with E-state index >= 15 is 0 Å². The van der Waals surface area contributed by atoms with Gasteiger partial charge in [-0.15, -0.1) is 0 Å². The summed E-state index contributed by atoms with van der Waals surface area (Å²) in [6.07, 6.45) is 7.72. The van der Waals surface area contributed by atoms with Gasteiger partial charge in [-0.05, 0) is 63.1 Å². The Kier molecular flexibility index (Phi) is 4.57. The van der Waals surface area contributed by atoms with Crippen molar-refractivity contribution in [1.82, 2.24) is 9.55 Å². The van der Waals surface area contributed by atoms with Crippen LogP contribution in [0.1, 0.15) is 43.2 Å². The van der Waals surface area contributed by atoms with E-state index in [2.05, 4.69) is 4.98 Å². The fraction of sp³-hybridized carbons (Fsp3) is 0.556. The zero-order valence-corrected chi connectivity index (χ0v) is 13.5. The van der Waals surface area contributed by atoms with Gasteiger partial charge in [-0.25, -0.2) is 4.98 Å². The van der Waals surface area contributed by atoms with Crippen LogP contribution in [-0.4, -0.2) is 22.3 Å². The summed E-state index contributed by atoms with van der Waals surface area (Å²) >= 11 is 0. The van der Waals surface area contributed by atoms with Crippen LogP contribution in [0.25, 0.3) is 10.9 Å². The molecule has 4 nitrogen and oxygen atoms in total. The van der Waals surface area contributed by atoms with Crippen LogP contribution in [-0.2, 0) is 11.3 Å². The number of aromatic nitrogens is 2. The maximum Gasteiger partial charge on any atom is 0.261 e. The second-order valence-electron chi connectivity index (χ2n) is 6.28. The summed E-state index contributed by atoms with van der Waals surface area (Å²) < 4.78 is 7.37. The summed E-state index contributed by atoms with van der Waals surface area (Å²) in [6.45, 7) is 5.72. The third kappa shape index (κ3) is 3.07. The van der Waals surface area contributed by atoms with Crippen molar-refractivity contribution in [3.8, 4) is 0 Å². The van der Waals surface area contributed by atoms with Gasteiger partial charge < -0.3 is 4.74 Å². The van der Waals surface area contributed by atoms with Gasteiger partial charge in [-0.3, -0.25) is 9.36 Å². The number of rotatable bonds is 5. The van der Waals surface area contributed by atoms with E-state index in [4.69, 9.17) is 4.74 Å². The molecule has 0 aliphatic carbocycles. The highest BCUT2D eigenvalue weighted by Crippen LogP contribution is 2.18. The third-order valence-corrected chi connectivity index (χ3v) is 4.72. The quantitative estimate of drug-likeness (QED) is 0.795. The van der Waals surface area contributed by atoms with Crippen molar-refractivity contribution in [1.29, 1.82) is 0 Å². The van der Waals surface area contributed by atoms with Gasteiger partial charge in [-0.1, -0.05) is 6.07 Å². The van der Waals surface area contributed by atoms with Crippen LogP contribution in [0.3, 0.4) is 0 Å². The summed E-state index contributed by atoms with van der Waals surface area (Å²) in [5, 5.41) is 0.727. The molecule has 0 N–H and O–H groups in total. The molecular weight excluding hydrogens is 276 g/mol. The molecule has 3 rings (SSSR count). The SMILES string of the molecule is Cc1ccc2c(=O)n(CCCC[C@@H]3CCCO3)cnc2c1C. The number of aryl methyl sites for hydroxylation is 3. The first kappa shape index (κ1) is 15.2. The minimum atomic E-state index is 0.0743. The Bertz CT molecular complexity index is 715. The summed E-state index contributed by atoms with van der Waals surface area (Å²) in [4.78, 5) is 17.0. The number of ether oxygens (including phenoxy) is 1. The molecule has 0 unspecified atom stereocenters. The number of hydrogen-bond donors (Lipinski definition) is 0. The van der Waals surface area contributed by atoms with E-state index in [9.17, 15) is 4.79 Å². The van der Waals surface area contributed by atoms with Crippen molar-refractivity contribution in [2.45, 2.75) is 58.6 Å². The normalized spacial score (nSPS) is 18.2. The van der Waals surface area contributed by atoms with Crippen LogP contribution >= 0.6 is 0 Å². The lowest BCUT2D eigenvalue weighted by molar-refractivity contribution is 0.102. The van der Waals surface area contributed by atoms with Crippen molar-refractivity contribution in [3.63, 3.8) is 0 Å². The molecule has 2 heterocycles. The zero-order valence-electron chi connectivity index (χ0n) is 13.5. The van der Waals surface area contributed by atoms with Crippen LogP contribution in [0.15, 0.2) is 23.3 Å².